The summed E-state index contributed by atoms with van der Waals surface area (Å²) in [6.45, 7) is 11.6. The molecule has 0 aliphatic rings. The van der Waals surface area contributed by atoms with E-state index < -0.39 is 0 Å². The Bertz CT molecular complexity index is 389. The van der Waals surface area contributed by atoms with Gasteiger partial charge in [-0.1, -0.05) is 20.4 Å². The molecule has 0 aliphatic carbocycles. The SMILES string of the molecule is C=CN=C(C)/C=C\N(C)c1ccc(C)s1.CC. The highest BCUT2D eigenvalue weighted by molar-refractivity contribution is 7.16. The number of thiophene rings is 1. The molecular weight excluding hydrogens is 228 g/mol. The Balaban J connectivity index is 0.00000121. The molecule has 0 radical (unpaired) electrons. The second kappa shape index (κ2) is 8.76. The van der Waals surface area contributed by atoms with Gasteiger partial charge in [0.15, 0.2) is 0 Å². The number of allylic oxidation sites excluding steroid dienone is 1. The predicted molar refractivity (Wildman–Crippen MR) is 81.3 cm³/mol. The highest BCUT2D eigenvalue weighted by Crippen LogP contribution is 2.24. The van der Waals surface area contributed by atoms with Crippen molar-refractivity contribution in [1.29, 1.82) is 0 Å². The molecule has 2 nitrogen and oxygen atoms in total. The first-order valence-corrected chi connectivity index (χ1v) is 6.58. The summed E-state index contributed by atoms with van der Waals surface area (Å²) in [6.07, 6.45) is 5.53. The third-order valence-corrected chi connectivity index (χ3v) is 3.00. The topological polar surface area (TPSA) is 15.6 Å². The van der Waals surface area contributed by atoms with Crippen molar-refractivity contribution in [2.45, 2.75) is 27.7 Å². The highest BCUT2D eigenvalue weighted by atomic mass is 32.1. The van der Waals surface area contributed by atoms with E-state index in [0.29, 0.717) is 0 Å². The van der Waals surface area contributed by atoms with Crippen LogP contribution in [0, 0.1) is 6.92 Å². The van der Waals surface area contributed by atoms with Crippen molar-refractivity contribution < 1.29 is 0 Å². The Morgan fingerprint density at radius 1 is 1.41 bits per heavy atom. The summed E-state index contributed by atoms with van der Waals surface area (Å²) in [7, 11) is 2.03. The maximum absolute atomic E-state index is 4.07. The Labute approximate surface area is 109 Å². The monoisotopic (exact) mass is 250 g/mol. The van der Waals surface area contributed by atoms with Gasteiger partial charge in [0.1, 0.15) is 0 Å². The molecule has 1 rings (SSSR count). The molecule has 0 atom stereocenters. The maximum atomic E-state index is 4.07. The van der Waals surface area contributed by atoms with Crippen LogP contribution in [0.25, 0.3) is 0 Å². The van der Waals surface area contributed by atoms with Crippen molar-refractivity contribution in [2.24, 2.45) is 4.99 Å². The fourth-order valence-corrected chi connectivity index (χ4v) is 1.90. The summed E-state index contributed by atoms with van der Waals surface area (Å²) >= 11 is 1.78. The summed E-state index contributed by atoms with van der Waals surface area (Å²) in [6, 6.07) is 4.24. The van der Waals surface area contributed by atoms with Crippen LogP contribution in [0.3, 0.4) is 0 Å². The van der Waals surface area contributed by atoms with E-state index in [1.54, 1.807) is 17.5 Å². The molecule has 0 bridgehead atoms. The normalized spacial score (nSPS) is 11.0. The molecule has 0 saturated heterocycles. The van der Waals surface area contributed by atoms with Crippen molar-refractivity contribution >= 4 is 22.0 Å². The van der Waals surface area contributed by atoms with E-state index in [1.807, 2.05) is 40.1 Å². The summed E-state index contributed by atoms with van der Waals surface area (Å²) in [4.78, 5) is 7.47. The van der Waals surface area contributed by atoms with Crippen molar-refractivity contribution in [2.75, 3.05) is 11.9 Å². The lowest BCUT2D eigenvalue weighted by Crippen LogP contribution is -2.06. The fraction of sp³-hybridized carbons (Fsp3) is 0.357. The molecule has 0 aliphatic heterocycles. The average molecular weight is 250 g/mol. The number of hydrogen-bond donors (Lipinski definition) is 0. The van der Waals surface area contributed by atoms with Gasteiger partial charge in [0.05, 0.1) is 5.00 Å². The molecule has 3 heteroatoms. The number of nitrogens with zero attached hydrogens (tertiary/aromatic N) is 2. The molecule has 94 valence electrons. The number of hydrogen-bond acceptors (Lipinski definition) is 3. The first-order chi connectivity index (χ1) is 8.13. The van der Waals surface area contributed by atoms with Crippen molar-refractivity contribution in [3.63, 3.8) is 0 Å². The first-order valence-electron chi connectivity index (χ1n) is 5.76. The molecule has 0 amide bonds. The molecule has 1 aromatic rings. The highest BCUT2D eigenvalue weighted by Gasteiger charge is 1.98. The number of aryl methyl sites for hydroxylation is 1. The minimum Gasteiger partial charge on any atom is -0.343 e. The number of rotatable bonds is 4. The van der Waals surface area contributed by atoms with Gasteiger partial charge in [-0.05, 0) is 32.1 Å². The van der Waals surface area contributed by atoms with Gasteiger partial charge in [-0.15, -0.1) is 11.3 Å². The van der Waals surface area contributed by atoms with E-state index in [9.17, 15) is 0 Å². The zero-order valence-electron chi connectivity index (χ0n) is 11.4. The third-order valence-electron chi connectivity index (χ3n) is 1.91. The predicted octanol–water partition coefficient (Wildman–Crippen LogP) is 4.64. The molecular formula is C14H22N2S. The molecule has 0 spiro atoms. The van der Waals surface area contributed by atoms with Gasteiger partial charge >= 0.3 is 0 Å². The van der Waals surface area contributed by atoms with Crippen molar-refractivity contribution in [3.8, 4) is 0 Å². The van der Waals surface area contributed by atoms with Crippen LogP contribution in [0.15, 0.2) is 42.2 Å². The molecule has 0 fully saturated rings. The first kappa shape index (κ1) is 15.7. The molecule has 1 aromatic heterocycles. The Morgan fingerprint density at radius 2 is 2.06 bits per heavy atom. The van der Waals surface area contributed by atoms with Gasteiger partial charge in [-0.2, -0.15) is 0 Å². The quantitative estimate of drug-likeness (QED) is 0.711. The summed E-state index contributed by atoms with van der Waals surface area (Å²) < 4.78 is 0. The van der Waals surface area contributed by atoms with Crippen molar-refractivity contribution in [1.82, 2.24) is 0 Å². The van der Waals surface area contributed by atoms with Gasteiger partial charge in [-0.3, -0.25) is 4.99 Å². The van der Waals surface area contributed by atoms with Gasteiger partial charge in [0, 0.05) is 30.0 Å². The minimum absolute atomic E-state index is 0.949. The average Bonchev–Trinajstić information content (AvgIpc) is 2.76. The second-order valence-electron chi connectivity index (χ2n) is 3.26. The van der Waals surface area contributed by atoms with E-state index >= 15 is 0 Å². The number of anilines is 1. The zero-order chi connectivity index (χ0) is 13.3. The number of aliphatic imine (C=N–C) groups is 1. The summed E-state index contributed by atoms with van der Waals surface area (Å²) in [5.74, 6) is 0. The maximum Gasteiger partial charge on any atom is 0.0948 e. The molecule has 0 N–H and O–H groups in total. The lowest BCUT2D eigenvalue weighted by Gasteiger charge is -2.10. The van der Waals surface area contributed by atoms with E-state index in [4.69, 9.17) is 0 Å². The second-order valence-corrected chi connectivity index (χ2v) is 4.53. The van der Waals surface area contributed by atoms with E-state index in [0.717, 1.165) is 5.71 Å². The lowest BCUT2D eigenvalue weighted by molar-refractivity contribution is 1.24. The van der Waals surface area contributed by atoms with Crippen LogP contribution in [0.2, 0.25) is 0 Å². The van der Waals surface area contributed by atoms with Crippen LogP contribution < -0.4 is 4.90 Å². The van der Waals surface area contributed by atoms with Crippen LogP contribution >= 0.6 is 11.3 Å². The summed E-state index contributed by atoms with van der Waals surface area (Å²) in [5.41, 5.74) is 0.949. The minimum atomic E-state index is 0.949. The molecule has 0 saturated carbocycles. The third kappa shape index (κ3) is 6.07. The van der Waals surface area contributed by atoms with Crippen LogP contribution in [-0.4, -0.2) is 12.8 Å². The van der Waals surface area contributed by atoms with Crippen molar-refractivity contribution in [3.05, 3.63) is 42.1 Å². The van der Waals surface area contributed by atoms with Gasteiger partial charge < -0.3 is 4.90 Å². The molecule has 0 unspecified atom stereocenters. The van der Waals surface area contributed by atoms with E-state index in [1.165, 1.54) is 9.88 Å². The lowest BCUT2D eigenvalue weighted by atomic mass is 10.4. The zero-order valence-corrected chi connectivity index (χ0v) is 12.2. The Hall–Kier alpha value is -1.35. The largest absolute Gasteiger partial charge is 0.343 e. The molecule has 0 aromatic carbocycles. The van der Waals surface area contributed by atoms with Crippen LogP contribution in [0.5, 0.6) is 0 Å². The van der Waals surface area contributed by atoms with Crippen LogP contribution in [0.4, 0.5) is 5.00 Å². The summed E-state index contributed by atoms with van der Waals surface area (Å²) in [5, 5.41) is 1.23. The molecule has 17 heavy (non-hydrogen) atoms. The molecule has 1 heterocycles. The fourth-order valence-electron chi connectivity index (χ4n) is 1.09. The van der Waals surface area contributed by atoms with Gasteiger partial charge in [-0.25, -0.2) is 0 Å². The standard InChI is InChI=1S/C12H16N2S.C2H6/c1-5-13-10(2)8-9-14(4)12-7-6-11(3)15-12;1-2/h5-9H,1H2,2-4H3;1-2H3/b9-8-,13-10?;. The van der Waals surface area contributed by atoms with Gasteiger partial charge in [0.2, 0.25) is 0 Å². The Morgan fingerprint density at radius 3 is 2.53 bits per heavy atom. The van der Waals surface area contributed by atoms with Gasteiger partial charge in [0.25, 0.3) is 0 Å². The van der Waals surface area contributed by atoms with E-state index in [-0.39, 0.29) is 0 Å². The van der Waals surface area contributed by atoms with Crippen LogP contribution in [0.1, 0.15) is 25.6 Å². The smallest absolute Gasteiger partial charge is 0.0948 e. The van der Waals surface area contributed by atoms with Crippen LogP contribution in [-0.2, 0) is 0 Å². The Kier molecular flexibility index (Phi) is 8.07. The van der Waals surface area contributed by atoms with E-state index in [2.05, 4.69) is 35.5 Å².